The van der Waals surface area contributed by atoms with Crippen LogP contribution in [0.4, 0.5) is 0 Å². The molecule has 0 radical (unpaired) electrons. The van der Waals surface area contributed by atoms with Gasteiger partial charge in [-0.25, -0.2) is 5.90 Å². The first-order chi connectivity index (χ1) is 5.03. The number of likely N-dealkylation sites (tertiary alicyclic amines) is 1. The van der Waals surface area contributed by atoms with Crippen molar-refractivity contribution in [2.24, 2.45) is 11.8 Å². The second kappa shape index (κ2) is 3.09. The largest absolute Gasteiger partial charge is 0.300 e. The quantitative estimate of drug-likeness (QED) is 0.611. The van der Waals surface area contributed by atoms with Crippen LogP contribution in [0.3, 0.4) is 0 Å². The highest BCUT2D eigenvalue weighted by molar-refractivity contribution is 4.82. The van der Waals surface area contributed by atoms with Crippen molar-refractivity contribution in [1.82, 2.24) is 4.90 Å². The molecule has 3 nitrogen and oxygen atoms in total. The molecule has 0 unspecified atom stereocenters. The molecule has 66 valence electrons. The monoisotopic (exact) mass is 158 g/mol. The smallest absolute Gasteiger partial charge is 0.0963 e. The molecule has 0 aromatic rings. The van der Waals surface area contributed by atoms with Gasteiger partial charge in [-0.2, -0.15) is 0 Å². The van der Waals surface area contributed by atoms with Crippen LogP contribution in [0.2, 0.25) is 0 Å². The molecule has 1 fully saturated rings. The zero-order valence-electron chi connectivity index (χ0n) is 7.63. The topological polar surface area (TPSA) is 38.5 Å². The van der Waals surface area contributed by atoms with Gasteiger partial charge in [0.2, 0.25) is 0 Å². The van der Waals surface area contributed by atoms with Gasteiger partial charge in [-0.15, -0.1) is 0 Å². The first-order valence-corrected chi connectivity index (χ1v) is 4.14. The number of nitrogens with zero attached hydrogens (tertiary/aromatic N) is 1. The summed E-state index contributed by atoms with van der Waals surface area (Å²) in [7, 11) is 0. The van der Waals surface area contributed by atoms with Gasteiger partial charge in [-0.05, 0) is 19.8 Å². The molecular formula is C8H18N2O. The molecule has 3 heteroatoms. The molecule has 1 rings (SSSR count). The zero-order chi connectivity index (χ0) is 8.48. The van der Waals surface area contributed by atoms with E-state index in [0.29, 0.717) is 0 Å². The lowest BCUT2D eigenvalue weighted by molar-refractivity contribution is -0.0616. The van der Waals surface area contributed by atoms with Gasteiger partial charge in [0.1, 0.15) is 0 Å². The molecule has 0 atom stereocenters. The van der Waals surface area contributed by atoms with Gasteiger partial charge in [0, 0.05) is 19.6 Å². The van der Waals surface area contributed by atoms with Gasteiger partial charge in [-0.3, -0.25) is 9.74 Å². The van der Waals surface area contributed by atoms with Crippen LogP contribution in [-0.4, -0.2) is 30.1 Å². The molecule has 0 saturated carbocycles. The summed E-state index contributed by atoms with van der Waals surface area (Å²) in [5, 5.41) is 0. The van der Waals surface area contributed by atoms with Crippen molar-refractivity contribution in [3.05, 3.63) is 0 Å². The third kappa shape index (κ3) is 2.43. The molecule has 0 amide bonds. The molecule has 1 heterocycles. The van der Waals surface area contributed by atoms with Crippen LogP contribution in [0.15, 0.2) is 0 Å². The molecule has 0 aliphatic carbocycles. The Bertz CT molecular complexity index is 130. The Morgan fingerprint density at radius 3 is 2.45 bits per heavy atom. The SMILES string of the molecule is CC1CN(CC(C)(C)ON)C1. The molecule has 1 aliphatic rings. The molecule has 1 saturated heterocycles. The Kier molecular flexibility index (Phi) is 2.52. The van der Waals surface area contributed by atoms with E-state index in [4.69, 9.17) is 10.7 Å². The average Bonchev–Trinajstić information content (AvgIpc) is 1.84. The summed E-state index contributed by atoms with van der Waals surface area (Å²) in [6.45, 7) is 9.59. The van der Waals surface area contributed by atoms with E-state index in [-0.39, 0.29) is 5.60 Å². The van der Waals surface area contributed by atoms with Gasteiger partial charge in [0.15, 0.2) is 0 Å². The predicted molar refractivity (Wildman–Crippen MR) is 45.0 cm³/mol. The molecule has 11 heavy (non-hydrogen) atoms. The Labute approximate surface area is 68.5 Å². The highest BCUT2D eigenvalue weighted by Gasteiger charge is 2.29. The number of rotatable bonds is 3. The standard InChI is InChI=1S/C8H18N2O/c1-7-4-10(5-7)6-8(2,3)11-9/h7H,4-6,9H2,1-3H3. The summed E-state index contributed by atoms with van der Waals surface area (Å²) >= 11 is 0. The van der Waals surface area contributed by atoms with Crippen molar-refractivity contribution in [2.75, 3.05) is 19.6 Å². The maximum Gasteiger partial charge on any atom is 0.0963 e. The van der Waals surface area contributed by atoms with Crippen molar-refractivity contribution in [3.63, 3.8) is 0 Å². The Hall–Kier alpha value is -0.120. The number of hydrogen-bond acceptors (Lipinski definition) is 3. The molecule has 2 N–H and O–H groups in total. The van der Waals surface area contributed by atoms with Gasteiger partial charge in [-0.1, -0.05) is 6.92 Å². The maximum atomic E-state index is 5.14. The molecule has 0 aromatic heterocycles. The summed E-state index contributed by atoms with van der Waals surface area (Å²) in [5.74, 6) is 5.99. The third-order valence-corrected chi connectivity index (χ3v) is 2.06. The number of hydrogen-bond donors (Lipinski definition) is 1. The highest BCUT2D eigenvalue weighted by Crippen LogP contribution is 2.18. The lowest BCUT2D eigenvalue weighted by atomic mass is 9.99. The van der Waals surface area contributed by atoms with Crippen molar-refractivity contribution in [1.29, 1.82) is 0 Å². The molecule has 0 aromatic carbocycles. The summed E-state index contributed by atoms with van der Waals surface area (Å²) in [6.07, 6.45) is 0. The van der Waals surface area contributed by atoms with E-state index in [2.05, 4.69) is 11.8 Å². The maximum absolute atomic E-state index is 5.14. The average molecular weight is 158 g/mol. The summed E-state index contributed by atoms with van der Waals surface area (Å²) in [4.78, 5) is 7.20. The lowest BCUT2D eigenvalue weighted by Gasteiger charge is -2.41. The lowest BCUT2D eigenvalue weighted by Crippen LogP contribution is -2.52. The van der Waals surface area contributed by atoms with E-state index < -0.39 is 0 Å². The van der Waals surface area contributed by atoms with E-state index in [1.54, 1.807) is 0 Å². The van der Waals surface area contributed by atoms with E-state index >= 15 is 0 Å². The Balaban J connectivity index is 2.21. The molecule has 0 spiro atoms. The van der Waals surface area contributed by atoms with E-state index in [1.807, 2.05) is 13.8 Å². The van der Waals surface area contributed by atoms with Crippen LogP contribution >= 0.6 is 0 Å². The zero-order valence-corrected chi connectivity index (χ0v) is 7.63. The van der Waals surface area contributed by atoms with E-state index in [9.17, 15) is 0 Å². The van der Waals surface area contributed by atoms with Crippen LogP contribution in [0.25, 0.3) is 0 Å². The predicted octanol–water partition coefficient (Wildman–Crippen LogP) is 0.607. The third-order valence-electron chi connectivity index (χ3n) is 2.06. The van der Waals surface area contributed by atoms with Gasteiger partial charge >= 0.3 is 0 Å². The first kappa shape index (κ1) is 8.97. The van der Waals surface area contributed by atoms with Gasteiger partial charge < -0.3 is 0 Å². The van der Waals surface area contributed by atoms with Gasteiger partial charge in [0.05, 0.1) is 5.60 Å². The minimum absolute atomic E-state index is 0.194. The second-order valence-corrected chi connectivity index (χ2v) is 4.18. The van der Waals surface area contributed by atoms with Crippen molar-refractivity contribution < 1.29 is 4.84 Å². The first-order valence-electron chi connectivity index (χ1n) is 4.14. The van der Waals surface area contributed by atoms with Crippen molar-refractivity contribution in [2.45, 2.75) is 26.4 Å². The number of nitrogens with two attached hydrogens (primary N) is 1. The van der Waals surface area contributed by atoms with Crippen LogP contribution in [0, 0.1) is 5.92 Å². The minimum atomic E-state index is -0.194. The highest BCUT2D eigenvalue weighted by atomic mass is 16.6. The molecule has 1 aliphatic heterocycles. The summed E-state index contributed by atoms with van der Waals surface area (Å²) < 4.78 is 0. The van der Waals surface area contributed by atoms with Crippen LogP contribution in [-0.2, 0) is 4.84 Å². The van der Waals surface area contributed by atoms with Gasteiger partial charge in [0.25, 0.3) is 0 Å². The molecular weight excluding hydrogens is 140 g/mol. The van der Waals surface area contributed by atoms with Crippen LogP contribution in [0.1, 0.15) is 20.8 Å². The van der Waals surface area contributed by atoms with E-state index in [0.717, 1.165) is 12.5 Å². The van der Waals surface area contributed by atoms with E-state index in [1.165, 1.54) is 13.1 Å². The van der Waals surface area contributed by atoms with Crippen LogP contribution in [0.5, 0.6) is 0 Å². The summed E-state index contributed by atoms with van der Waals surface area (Å²) in [5.41, 5.74) is -0.194. The fraction of sp³-hybridized carbons (Fsp3) is 1.00. The fourth-order valence-electron chi connectivity index (χ4n) is 1.53. The fourth-order valence-corrected chi connectivity index (χ4v) is 1.53. The summed E-state index contributed by atoms with van der Waals surface area (Å²) in [6, 6.07) is 0. The molecule has 0 bridgehead atoms. The Morgan fingerprint density at radius 2 is 2.09 bits per heavy atom. The Morgan fingerprint density at radius 1 is 1.55 bits per heavy atom. The van der Waals surface area contributed by atoms with Crippen molar-refractivity contribution >= 4 is 0 Å². The van der Waals surface area contributed by atoms with Crippen molar-refractivity contribution in [3.8, 4) is 0 Å². The second-order valence-electron chi connectivity index (χ2n) is 4.18. The minimum Gasteiger partial charge on any atom is -0.300 e. The normalized spacial score (nSPS) is 21.8. The van der Waals surface area contributed by atoms with Crippen LogP contribution < -0.4 is 5.90 Å².